The maximum Gasteiger partial charge on any atom is 0.179 e. The fourth-order valence-corrected chi connectivity index (χ4v) is 22.1. The molecule has 1 aliphatic carbocycles. The van der Waals surface area contributed by atoms with Gasteiger partial charge in [-0.2, -0.15) is 0 Å². The standard InChI is InChI=1S/C70H50Si2/c1-9-27-51(28-10-1)65-50-66(68(53-29-11-2-12-30-53)70-64-46-26-32-52-31-25-45-63(67(52)64)69(65)70)54-47-61(71(55-33-13-3-14-34-55,56-35-15-4-16-36-56)57-37-17-5-18-38-57)49-62(48-54)72(58-39-19-6-20-40-58,59-41-21-7-22-42-59)60-43-23-8-24-44-60/h1-50H. The van der Waals surface area contributed by atoms with Crippen molar-refractivity contribution in [2.45, 2.75) is 0 Å². The van der Waals surface area contributed by atoms with Crippen molar-refractivity contribution < 1.29 is 0 Å². The van der Waals surface area contributed by atoms with E-state index in [0.29, 0.717) is 0 Å². The SMILES string of the molecule is c1ccc(-c2cc(-c3cc([Si](c4ccccc4)(c4ccccc4)c4ccccc4)cc([Si](c4ccccc4)(c4ccccc4)c4ccccc4)c3)c(-c3ccccc3)c3c2-c2cccc4cccc-3c24)cc1. The van der Waals surface area contributed by atoms with E-state index in [1.54, 1.807) is 0 Å². The quantitative estimate of drug-likeness (QED) is 0.0895. The minimum atomic E-state index is -3.14. The summed E-state index contributed by atoms with van der Waals surface area (Å²) >= 11 is 0. The molecule has 0 atom stereocenters. The van der Waals surface area contributed by atoms with E-state index in [9.17, 15) is 0 Å². The molecule has 0 radical (unpaired) electrons. The van der Waals surface area contributed by atoms with Crippen LogP contribution in [0.3, 0.4) is 0 Å². The van der Waals surface area contributed by atoms with Gasteiger partial charge in [0.1, 0.15) is 0 Å². The molecule has 1 aliphatic rings. The second kappa shape index (κ2) is 18.3. The molecule has 0 nitrogen and oxygen atoms in total. The lowest BCUT2D eigenvalue weighted by Crippen LogP contribution is -2.78. The Morgan fingerprint density at radius 1 is 0.181 bits per heavy atom. The molecule has 2 heteroatoms. The summed E-state index contributed by atoms with van der Waals surface area (Å²) in [6.07, 6.45) is 0. The van der Waals surface area contributed by atoms with Crippen LogP contribution in [0.4, 0.5) is 0 Å². The van der Waals surface area contributed by atoms with Crippen molar-refractivity contribution in [1.29, 1.82) is 0 Å². The van der Waals surface area contributed by atoms with Gasteiger partial charge in [-0.25, -0.2) is 0 Å². The van der Waals surface area contributed by atoms with Gasteiger partial charge < -0.3 is 0 Å². The third kappa shape index (κ3) is 6.94. The van der Waals surface area contributed by atoms with Crippen molar-refractivity contribution >= 4 is 68.4 Å². The van der Waals surface area contributed by atoms with Crippen LogP contribution in [0.1, 0.15) is 0 Å². The van der Waals surface area contributed by atoms with E-state index in [2.05, 4.69) is 303 Å². The number of hydrogen-bond acceptors (Lipinski definition) is 0. The molecule has 12 aromatic rings. The average Bonchev–Trinajstić information content (AvgIpc) is 3.80. The van der Waals surface area contributed by atoms with Crippen LogP contribution in [0.2, 0.25) is 0 Å². The minimum absolute atomic E-state index is 1.20. The van der Waals surface area contributed by atoms with Crippen molar-refractivity contribution in [2.75, 3.05) is 0 Å². The third-order valence-electron chi connectivity index (χ3n) is 15.3. The van der Waals surface area contributed by atoms with Gasteiger partial charge >= 0.3 is 0 Å². The van der Waals surface area contributed by atoms with Gasteiger partial charge in [-0.3, -0.25) is 0 Å². The van der Waals surface area contributed by atoms with E-state index < -0.39 is 16.1 Å². The predicted molar refractivity (Wildman–Crippen MR) is 312 cm³/mol. The second-order valence-corrected chi connectivity index (χ2v) is 26.7. The lowest BCUT2D eigenvalue weighted by Gasteiger charge is -2.38. The Morgan fingerprint density at radius 3 is 0.875 bits per heavy atom. The molecule has 13 rings (SSSR count). The van der Waals surface area contributed by atoms with E-state index in [1.807, 2.05) is 0 Å². The highest BCUT2D eigenvalue weighted by molar-refractivity contribution is 7.22. The maximum absolute atomic E-state index is 3.14. The molecule has 0 amide bonds. The molecular weight excluding hydrogens is 897 g/mol. The Hall–Kier alpha value is -8.67. The van der Waals surface area contributed by atoms with Crippen molar-refractivity contribution in [3.05, 3.63) is 303 Å². The Bertz CT molecular complexity index is 3520. The molecule has 0 aromatic heterocycles. The summed E-state index contributed by atoms with van der Waals surface area (Å²) in [7, 11) is -6.28. The summed E-state index contributed by atoms with van der Waals surface area (Å²) in [6.45, 7) is 0. The molecule has 0 fully saturated rings. The van der Waals surface area contributed by atoms with Crippen LogP contribution in [0.5, 0.6) is 0 Å². The number of hydrogen-bond donors (Lipinski definition) is 0. The summed E-state index contributed by atoms with van der Waals surface area (Å²) in [5.41, 5.74) is 12.5. The lowest BCUT2D eigenvalue weighted by atomic mass is 9.82. The van der Waals surface area contributed by atoms with Crippen LogP contribution in [-0.4, -0.2) is 16.1 Å². The Kier molecular flexibility index (Phi) is 11.0. The molecule has 338 valence electrons. The van der Waals surface area contributed by atoms with Crippen LogP contribution in [0.15, 0.2) is 303 Å². The normalized spacial score (nSPS) is 11.9. The molecular formula is C70H50Si2. The van der Waals surface area contributed by atoms with E-state index in [1.165, 1.54) is 108 Å². The van der Waals surface area contributed by atoms with Gasteiger partial charge in [-0.1, -0.05) is 297 Å². The lowest BCUT2D eigenvalue weighted by molar-refractivity contribution is 1.57. The first-order valence-electron chi connectivity index (χ1n) is 25.1. The summed E-state index contributed by atoms with van der Waals surface area (Å²) < 4.78 is 0. The fourth-order valence-electron chi connectivity index (χ4n) is 12.3. The van der Waals surface area contributed by atoms with E-state index in [0.717, 1.165) is 0 Å². The van der Waals surface area contributed by atoms with Crippen LogP contribution in [0.25, 0.3) is 66.4 Å². The number of benzene rings is 12. The van der Waals surface area contributed by atoms with E-state index in [4.69, 9.17) is 0 Å². The largest absolute Gasteiger partial charge is 0.179 e. The molecule has 0 heterocycles. The number of rotatable bonds is 11. The summed E-state index contributed by atoms with van der Waals surface area (Å²) in [5, 5.41) is 13.4. The summed E-state index contributed by atoms with van der Waals surface area (Å²) in [4.78, 5) is 0. The molecule has 0 saturated heterocycles. The number of fused-ring (bicyclic) bond motifs is 3. The first-order valence-corrected chi connectivity index (χ1v) is 29.1. The second-order valence-electron chi connectivity index (χ2n) is 19.0. The van der Waals surface area contributed by atoms with Crippen LogP contribution >= 0.6 is 0 Å². The Balaban J connectivity index is 1.27. The topological polar surface area (TPSA) is 0 Å². The first-order chi connectivity index (χ1) is 35.7. The molecule has 0 aliphatic heterocycles. The van der Waals surface area contributed by atoms with Crippen molar-refractivity contribution in [3.8, 4) is 55.6 Å². The van der Waals surface area contributed by atoms with Gasteiger partial charge in [-0.05, 0) is 114 Å². The van der Waals surface area contributed by atoms with E-state index >= 15 is 0 Å². The summed E-state index contributed by atoms with van der Waals surface area (Å²) in [6, 6.07) is 115. The smallest absolute Gasteiger partial charge is 0.0623 e. The van der Waals surface area contributed by atoms with Gasteiger partial charge in [-0.15, -0.1) is 0 Å². The van der Waals surface area contributed by atoms with Gasteiger partial charge in [0.25, 0.3) is 0 Å². The molecule has 0 spiro atoms. The molecule has 0 saturated carbocycles. The van der Waals surface area contributed by atoms with Crippen molar-refractivity contribution in [1.82, 2.24) is 0 Å². The zero-order valence-corrected chi connectivity index (χ0v) is 41.9. The monoisotopic (exact) mass is 946 g/mol. The van der Waals surface area contributed by atoms with Gasteiger partial charge in [0.2, 0.25) is 0 Å². The van der Waals surface area contributed by atoms with E-state index in [-0.39, 0.29) is 0 Å². The maximum atomic E-state index is 2.67. The molecule has 0 bridgehead atoms. The Morgan fingerprint density at radius 2 is 0.500 bits per heavy atom. The first kappa shape index (κ1) is 43.4. The zero-order chi connectivity index (χ0) is 47.9. The van der Waals surface area contributed by atoms with Gasteiger partial charge in [0.15, 0.2) is 16.1 Å². The molecule has 12 aromatic carbocycles. The third-order valence-corrected chi connectivity index (χ3v) is 24.8. The summed E-state index contributed by atoms with van der Waals surface area (Å²) in [5.74, 6) is 0. The van der Waals surface area contributed by atoms with Gasteiger partial charge in [0.05, 0.1) is 0 Å². The average molecular weight is 947 g/mol. The Labute approximate surface area is 424 Å². The molecule has 72 heavy (non-hydrogen) atoms. The zero-order valence-electron chi connectivity index (χ0n) is 39.9. The van der Waals surface area contributed by atoms with Crippen LogP contribution in [-0.2, 0) is 0 Å². The van der Waals surface area contributed by atoms with Crippen LogP contribution < -0.4 is 41.5 Å². The highest BCUT2D eigenvalue weighted by Crippen LogP contribution is 2.57. The van der Waals surface area contributed by atoms with Crippen molar-refractivity contribution in [2.24, 2.45) is 0 Å². The highest BCUT2D eigenvalue weighted by Gasteiger charge is 2.46. The van der Waals surface area contributed by atoms with Gasteiger partial charge in [0, 0.05) is 0 Å². The predicted octanol–water partition coefficient (Wildman–Crippen LogP) is 12.2. The minimum Gasteiger partial charge on any atom is -0.0623 e. The fraction of sp³-hybridized carbons (Fsp3) is 0. The highest BCUT2D eigenvalue weighted by atomic mass is 28.3. The van der Waals surface area contributed by atoms with Crippen molar-refractivity contribution in [3.63, 3.8) is 0 Å². The van der Waals surface area contributed by atoms with Crippen LogP contribution in [0, 0.1) is 0 Å². The molecule has 0 unspecified atom stereocenters. The molecule has 0 N–H and O–H groups in total.